The maximum absolute atomic E-state index is 12.9. The molecule has 0 saturated heterocycles. The highest BCUT2D eigenvalue weighted by atomic mass is 35.5. The SMILES string of the molecule is Cc1nc(NC(=O)c2ccccc2Cl)sc1Cc1cc(C(F)(F)F)ccc1Cl. The van der Waals surface area contributed by atoms with Crippen LogP contribution in [0, 0.1) is 6.92 Å². The van der Waals surface area contributed by atoms with Crippen molar-refractivity contribution in [2.45, 2.75) is 19.5 Å². The van der Waals surface area contributed by atoms with Crippen LogP contribution in [-0.2, 0) is 12.6 Å². The van der Waals surface area contributed by atoms with Crippen molar-refractivity contribution in [2.75, 3.05) is 5.32 Å². The van der Waals surface area contributed by atoms with Crippen LogP contribution < -0.4 is 5.32 Å². The zero-order valence-corrected chi connectivity index (χ0v) is 16.7. The Hall–Kier alpha value is -2.09. The van der Waals surface area contributed by atoms with Crippen LogP contribution in [0.15, 0.2) is 42.5 Å². The molecular weight excluding hydrogens is 432 g/mol. The van der Waals surface area contributed by atoms with Crippen LogP contribution in [-0.4, -0.2) is 10.9 Å². The van der Waals surface area contributed by atoms with Gasteiger partial charge in [0.1, 0.15) is 0 Å². The van der Waals surface area contributed by atoms with E-state index in [1.54, 1.807) is 31.2 Å². The molecule has 0 atom stereocenters. The van der Waals surface area contributed by atoms with E-state index in [1.807, 2.05) is 0 Å². The predicted octanol–water partition coefficient (Wildman–Crippen LogP) is 6.62. The fourth-order valence-corrected chi connectivity index (χ4v) is 3.90. The number of anilines is 1. The van der Waals surface area contributed by atoms with E-state index in [0.717, 1.165) is 12.1 Å². The van der Waals surface area contributed by atoms with Gasteiger partial charge in [0, 0.05) is 16.3 Å². The molecule has 3 rings (SSSR count). The van der Waals surface area contributed by atoms with Crippen molar-refractivity contribution in [3.63, 3.8) is 0 Å². The normalized spacial score (nSPS) is 11.5. The Morgan fingerprint density at radius 1 is 1.14 bits per heavy atom. The smallest absolute Gasteiger partial charge is 0.298 e. The second-order valence-electron chi connectivity index (χ2n) is 5.94. The first-order valence-electron chi connectivity index (χ1n) is 8.03. The van der Waals surface area contributed by atoms with E-state index in [-0.39, 0.29) is 11.4 Å². The van der Waals surface area contributed by atoms with Crippen LogP contribution in [0.3, 0.4) is 0 Å². The van der Waals surface area contributed by atoms with Crippen molar-refractivity contribution < 1.29 is 18.0 Å². The third-order valence-electron chi connectivity index (χ3n) is 3.96. The lowest BCUT2D eigenvalue weighted by atomic mass is 10.1. The summed E-state index contributed by atoms with van der Waals surface area (Å²) in [6, 6.07) is 9.80. The number of aromatic nitrogens is 1. The second-order valence-corrected chi connectivity index (χ2v) is 7.84. The summed E-state index contributed by atoms with van der Waals surface area (Å²) in [6.45, 7) is 1.72. The first kappa shape index (κ1) is 20.6. The minimum Gasteiger partial charge on any atom is -0.298 e. The number of amides is 1. The molecule has 0 aliphatic carbocycles. The highest BCUT2D eigenvalue weighted by Crippen LogP contribution is 2.34. The molecule has 0 saturated carbocycles. The number of alkyl halides is 3. The first-order chi connectivity index (χ1) is 13.1. The largest absolute Gasteiger partial charge is 0.416 e. The molecule has 0 radical (unpaired) electrons. The second kappa shape index (κ2) is 8.11. The number of carbonyl (C=O) groups is 1. The van der Waals surface area contributed by atoms with Crippen LogP contribution in [0.4, 0.5) is 18.3 Å². The third-order valence-corrected chi connectivity index (χ3v) is 5.73. The molecule has 1 amide bonds. The maximum atomic E-state index is 12.9. The lowest BCUT2D eigenvalue weighted by Gasteiger charge is -2.10. The van der Waals surface area contributed by atoms with Crippen molar-refractivity contribution in [1.82, 2.24) is 4.98 Å². The zero-order valence-electron chi connectivity index (χ0n) is 14.4. The van der Waals surface area contributed by atoms with Gasteiger partial charge in [-0.1, -0.05) is 35.3 Å². The van der Waals surface area contributed by atoms with Gasteiger partial charge < -0.3 is 0 Å². The fraction of sp³-hybridized carbons (Fsp3) is 0.158. The molecule has 3 aromatic rings. The van der Waals surface area contributed by atoms with Crippen molar-refractivity contribution >= 4 is 45.6 Å². The highest BCUT2D eigenvalue weighted by molar-refractivity contribution is 7.15. The minimum atomic E-state index is -4.45. The molecule has 0 spiro atoms. The summed E-state index contributed by atoms with van der Waals surface area (Å²) in [7, 11) is 0. The predicted molar refractivity (Wildman–Crippen MR) is 106 cm³/mol. The van der Waals surface area contributed by atoms with Gasteiger partial charge in [-0.3, -0.25) is 10.1 Å². The molecule has 3 nitrogen and oxygen atoms in total. The average Bonchev–Trinajstić information content (AvgIpc) is 2.95. The number of aryl methyl sites for hydroxylation is 1. The summed E-state index contributed by atoms with van der Waals surface area (Å²) in [5.41, 5.74) is 0.487. The van der Waals surface area contributed by atoms with Gasteiger partial charge in [-0.2, -0.15) is 13.2 Å². The Labute approximate surface area is 173 Å². The van der Waals surface area contributed by atoms with Crippen molar-refractivity contribution in [2.24, 2.45) is 0 Å². The Bertz CT molecular complexity index is 1030. The van der Waals surface area contributed by atoms with Crippen molar-refractivity contribution in [3.05, 3.63) is 79.8 Å². The molecule has 2 aromatic carbocycles. The van der Waals surface area contributed by atoms with Gasteiger partial charge in [0.05, 0.1) is 21.8 Å². The van der Waals surface area contributed by atoms with Crippen molar-refractivity contribution in [1.29, 1.82) is 0 Å². The van der Waals surface area contributed by atoms with Gasteiger partial charge in [-0.25, -0.2) is 4.98 Å². The number of carbonyl (C=O) groups excluding carboxylic acids is 1. The van der Waals surface area contributed by atoms with Gasteiger partial charge in [-0.05, 0) is 42.8 Å². The van der Waals surface area contributed by atoms with E-state index in [0.29, 0.717) is 31.9 Å². The minimum absolute atomic E-state index is 0.175. The number of benzene rings is 2. The standard InChI is InChI=1S/C19H13Cl2F3N2OS/c1-10-16(9-11-8-12(19(22,23)24)6-7-14(11)20)28-18(25-10)26-17(27)13-4-2-3-5-15(13)21/h2-8H,9H2,1H3,(H,25,26,27). The Morgan fingerprint density at radius 3 is 2.54 bits per heavy atom. The molecule has 0 bridgehead atoms. The molecule has 0 unspecified atom stereocenters. The molecule has 0 fully saturated rings. The monoisotopic (exact) mass is 444 g/mol. The van der Waals surface area contributed by atoms with E-state index >= 15 is 0 Å². The molecule has 0 aliphatic rings. The number of rotatable bonds is 4. The molecule has 28 heavy (non-hydrogen) atoms. The lowest BCUT2D eigenvalue weighted by Crippen LogP contribution is -2.12. The number of hydrogen-bond donors (Lipinski definition) is 1. The molecule has 146 valence electrons. The first-order valence-corrected chi connectivity index (χ1v) is 9.60. The molecular formula is C19H13Cl2F3N2OS. The molecule has 0 aliphatic heterocycles. The molecule has 1 N–H and O–H groups in total. The van der Waals surface area contributed by atoms with Crippen LogP contribution in [0.2, 0.25) is 10.0 Å². The fourth-order valence-electron chi connectivity index (χ4n) is 2.51. The van der Waals surface area contributed by atoms with Gasteiger partial charge in [0.25, 0.3) is 5.91 Å². The number of thiazole rings is 1. The van der Waals surface area contributed by atoms with E-state index in [2.05, 4.69) is 10.3 Å². The van der Waals surface area contributed by atoms with E-state index < -0.39 is 17.6 Å². The number of halogens is 5. The van der Waals surface area contributed by atoms with Crippen LogP contribution >= 0.6 is 34.5 Å². The number of nitrogens with zero attached hydrogens (tertiary/aromatic N) is 1. The quantitative estimate of drug-likeness (QED) is 0.491. The molecule has 1 aromatic heterocycles. The Kier molecular flexibility index (Phi) is 5.98. The van der Waals surface area contributed by atoms with Crippen molar-refractivity contribution in [3.8, 4) is 0 Å². The summed E-state index contributed by atoms with van der Waals surface area (Å²) >= 11 is 13.3. The maximum Gasteiger partial charge on any atom is 0.416 e. The van der Waals surface area contributed by atoms with E-state index in [1.165, 1.54) is 17.4 Å². The number of nitrogens with one attached hydrogen (secondary N) is 1. The third kappa shape index (κ3) is 4.66. The Balaban J connectivity index is 1.82. The summed E-state index contributed by atoms with van der Waals surface area (Å²) in [4.78, 5) is 17.3. The van der Waals surface area contributed by atoms with Crippen LogP contribution in [0.25, 0.3) is 0 Å². The highest BCUT2D eigenvalue weighted by Gasteiger charge is 2.31. The summed E-state index contributed by atoms with van der Waals surface area (Å²) in [6.07, 6.45) is -4.27. The lowest BCUT2D eigenvalue weighted by molar-refractivity contribution is -0.137. The summed E-state index contributed by atoms with van der Waals surface area (Å²) in [5, 5.41) is 3.55. The summed E-state index contributed by atoms with van der Waals surface area (Å²) in [5.74, 6) is -0.414. The number of hydrogen-bond acceptors (Lipinski definition) is 3. The van der Waals surface area contributed by atoms with Gasteiger partial charge in [-0.15, -0.1) is 11.3 Å². The Morgan fingerprint density at radius 2 is 1.86 bits per heavy atom. The van der Waals surface area contributed by atoms with Gasteiger partial charge in [0.15, 0.2) is 5.13 Å². The van der Waals surface area contributed by atoms with E-state index in [9.17, 15) is 18.0 Å². The van der Waals surface area contributed by atoms with E-state index in [4.69, 9.17) is 23.2 Å². The zero-order chi connectivity index (χ0) is 20.5. The topological polar surface area (TPSA) is 42.0 Å². The molecule has 9 heteroatoms. The van der Waals surface area contributed by atoms with Gasteiger partial charge >= 0.3 is 6.18 Å². The van der Waals surface area contributed by atoms with Gasteiger partial charge in [0.2, 0.25) is 0 Å². The van der Waals surface area contributed by atoms with Crippen LogP contribution in [0.1, 0.15) is 32.1 Å². The van der Waals surface area contributed by atoms with Crippen LogP contribution in [0.5, 0.6) is 0 Å². The average molecular weight is 445 g/mol. The molecule has 1 heterocycles. The summed E-state index contributed by atoms with van der Waals surface area (Å²) < 4.78 is 38.8.